The van der Waals surface area contributed by atoms with Crippen LogP contribution in [0.5, 0.6) is 0 Å². The van der Waals surface area contributed by atoms with Crippen LogP contribution in [0, 0.1) is 17.5 Å². The molecule has 3 heterocycles. The van der Waals surface area contributed by atoms with Crippen molar-refractivity contribution in [3.8, 4) is 5.69 Å². The van der Waals surface area contributed by atoms with Gasteiger partial charge in [-0.1, -0.05) is 138 Å². The van der Waals surface area contributed by atoms with E-state index < -0.39 is 0 Å². The highest BCUT2D eigenvalue weighted by Crippen LogP contribution is 2.56. The molecule has 2 aliphatic heterocycles. The van der Waals surface area contributed by atoms with Crippen LogP contribution >= 0.6 is 11.8 Å². The monoisotopic (exact) mass is 849 g/mol. The largest absolute Gasteiger partial charge is 0.509 e. The average Bonchev–Trinajstić information content (AvgIpc) is 3.46. The Bertz CT molecular complexity index is 3650. The van der Waals surface area contributed by atoms with Gasteiger partial charge in [-0.05, 0) is 168 Å². The Labute approximate surface area is 379 Å². The summed E-state index contributed by atoms with van der Waals surface area (Å²) in [4.78, 5) is 17.6. The minimum absolute atomic E-state index is 0.00704. The molecule has 0 amide bonds. The van der Waals surface area contributed by atoms with Crippen molar-refractivity contribution in [1.82, 2.24) is 4.57 Å². The van der Waals surface area contributed by atoms with Gasteiger partial charge < -0.3 is 0 Å². The summed E-state index contributed by atoms with van der Waals surface area (Å²) in [6.45, 7) is 14.3. The summed E-state index contributed by atoms with van der Waals surface area (Å²) in [5.74, 6) is 3.94. The van der Waals surface area contributed by atoms with Gasteiger partial charge in [-0.25, -0.2) is 0 Å². The van der Waals surface area contributed by atoms with E-state index >= 15 is 4.79 Å². The maximum Gasteiger partial charge on any atom is 0.509 e. The predicted molar refractivity (Wildman–Crippen MR) is 270 cm³/mol. The molecule has 7 aliphatic rings. The zero-order valence-corrected chi connectivity index (χ0v) is 38.7. The summed E-state index contributed by atoms with van der Waals surface area (Å²) in [6.07, 6.45) is 11.5. The lowest BCUT2D eigenvalue weighted by atomic mass is 9.33. The van der Waals surface area contributed by atoms with Crippen molar-refractivity contribution in [3.63, 3.8) is 0 Å². The minimum atomic E-state index is -0.00704. The lowest BCUT2D eigenvalue weighted by molar-refractivity contribution is -0.513. The SMILES string of the molecule is CC(C)c1cc(C(C)C)c(B2c3cc4c(cc3-n3c(=O)[n+]5c6c(ccc7ccc2c3c76)SC2C=c3c(c6ccccc6c6ccccc36)=CC=52)C2CC3CC(CC4C3)C2)c(C(C)C)c1. The number of thioether (sulfide) groups is 1. The first kappa shape index (κ1) is 37.9. The van der Waals surface area contributed by atoms with Crippen molar-refractivity contribution < 1.29 is 4.24 Å². The van der Waals surface area contributed by atoms with Gasteiger partial charge in [0.25, 0.3) is 6.71 Å². The Morgan fingerprint density at radius 2 is 1.27 bits per heavy atom. The van der Waals surface area contributed by atoms with Gasteiger partial charge in [-0.15, -0.1) is 11.8 Å². The normalized spacial score (nSPS) is 22.4. The molecular weight excluding hydrogens is 796 g/mol. The molecule has 0 radical (unpaired) electrons. The van der Waals surface area contributed by atoms with Gasteiger partial charge in [-0.2, -0.15) is 13.6 Å². The van der Waals surface area contributed by atoms with E-state index in [-0.39, 0.29) is 17.7 Å². The number of fused-ring (bicyclic) bond motifs is 9. The van der Waals surface area contributed by atoms with E-state index in [1.54, 1.807) is 11.1 Å². The van der Waals surface area contributed by atoms with Crippen LogP contribution in [0.3, 0.4) is 0 Å². The molecule has 15 rings (SSSR count). The van der Waals surface area contributed by atoms with E-state index in [2.05, 4.69) is 160 Å². The number of aromatic nitrogens is 2. The summed E-state index contributed by atoms with van der Waals surface area (Å²) in [5, 5.41) is 9.95. The third-order valence-electron chi connectivity index (χ3n) is 17.0. The highest BCUT2D eigenvalue weighted by atomic mass is 32.2. The Morgan fingerprint density at radius 3 is 1.91 bits per heavy atom. The molecule has 64 heavy (non-hydrogen) atoms. The van der Waals surface area contributed by atoms with E-state index in [4.69, 9.17) is 0 Å². The van der Waals surface area contributed by atoms with Gasteiger partial charge >= 0.3 is 5.69 Å². The van der Waals surface area contributed by atoms with Crippen molar-refractivity contribution in [2.24, 2.45) is 11.8 Å². The van der Waals surface area contributed by atoms with Crippen molar-refractivity contribution in [2.45, 2.75) is 113 Å². The van der Waals surface area contributed by atoms with Gasteiger partial charge in [0.2, 0.25) is 0 Å². The van der Waals surface area contributed by atoms with Crippen molar-refractivity contribution in [1.29, 1.82) is 0 Å². The first-order valence-electron chi connectivity index (χ1n) is 24.4. The van der Waals surface area contributed by atoms with E-state index in [0.717, 1.165) is 34.3 Å². The molecule has 0 N–H and O–H groups in total. The van der Waals surface area contributed by atoms with Gasteiger partial charge in [0.1, 0.15) is 16.9 Å². The number of rotatable bonds is 4. The molecule has 0 saturated heterocycles. The molecule has 314 valence electrons. The molecule has 7 aromatic carbocycles. The Balaban J connectivity index is 1.16. The van der Waals surface area contributed by atoms with Crippen LogP contribution < -0.4 is 36.8 Å². The standard InChI is InChI=1S/C59H54BN2OS/c1-30(2)36-24-43(31(3)4)56(44(25-36)32(5)6)60-49-17-15-35-16-18-53-58-55(35)57(49)61(51-27-46-38-22-33-19-34(23-38)21-37(20-33)45(46)26-50(51)60)59(63)62(58)52-28-47-41-13-9-7-11-39(41)40-12-8-10-14-42(40)48(47)29-54(52)64-53/h7-18,24-34,37-38,54H,19-23H2,1-6H3/q+1. The lowest BCUT2D eigenvalue weighted by Gasteiger charge is -2.38. The van der Waals surface area contributed by atoms with Crippen LogP contribution in [-0.4, -0.2) is 16.5 Å². The summed E-state index contributed by atoms with van der Waals surface area (Å²) >= 11 is 1.91. The van der Waals surface area contributed by atoms with Crippen LogP contribution in [-0.2, 0) is 0 Å². The molecule has 2 fully saturated rings. The smallest absolute Gasteiger partial charge is 0.196 e. The van der Waals surface area contributed by atoms with E-state index in [9.17, 15) is 0 Å². The molecule has 4 bridgehead atoms. The minimum Gasteiger partial charge on any atom is -0.196 e. The molecule has 1 aromatic heterocycles. The maximum absolute atomic E-state index is 16.4. The molecule has 0 spiro atoms. The van der Waals surface area contributed by atoms with Crippen LogP contribution in [0.1, 0.15) is 131 Å². The molecule has 8 aromatic rings. The van der Waals surface area contributed by atoms with Gasteiger partial charge in [0.05, 0.1) is 15.5 Å². The summed E-state index contributed by atoms with van der Waals surface area (Å²) in [7, 11) is 0. The van der Waals surface area contributed by atoms with E-state index in [0.29, 0.717) is 29.6 Å². The lowest BCUT2D eigenvalue weighted by Crippen LogP contribution is -2.62. The van der Waals surface area contributed by atoms with Gasteiger partial charge in [-0.3, -0.25) is 0 Å². The van der Waals surface area contributed by atoms with Crippen LogP contribution in [0.25, 0.3) is 61.2 Å². The van der Waals surface area contributed by atoms with E-state index in [1.807, 2.05) is 11.8 Å². The molecule has 3 nitrogen and oxygen atoms in total. The maximum atomic E-state index is 16.4. The van der Waals surface area contributed by atoms with Crippen molar-refractivity contribution >= 4 is 90.4 Å². The Hall–Kier alpha value is -5.39. The number of benzene rings is 7. The molecular formula is C59H54BN2OS+. The number of hydrogen-bond acceptors (Lipinski definition) is 2. The molecule has 5 aliphatic carbocycles. The first-order chi connectivity index (χ1) is 31.1. The summed E-state index contributed by atoms with van der Waals surface area (Å²) in [5.41, 5.74) is 16.0. The second-order valence-corrected chi connectivity index (χ2v) is 22.7. The average molecular weight is 850 g/mol. The highest BCUT2D eigenvalue weighted by molar-refractivity contribution is 8.00. The predicted octanol–water partition coefficient (Wildman–Crippen LogP) is 10.2. The highest BCUT2D eigenvalue weighted by Gasteiger charge is 2.47. The fraction of sp³-hybridized carbons (Fsp3) is 0.322. The quantitative estimate of drug-likeness (QED) is 0.100. The summed E-state index contributed by atoms with van der Waals surface area (Å²) < 4.78 is 4.39. The zero-order valence-electron chi connectivity index (χ0n) is 37.8. The molecule has 3 unspecified atom stereocenters. The topological polar surface area (TPSA) is 27.9 Å². The summed E-state index contributed by atoms with van der Waals surface area (Å²) in [6, 6.07) is 37.5. The molecule has 3 atom stereocenters. The third kappa shape index (κ3) is 5.03. The Kier molecular flexibility index (Phi) is 7.91. The zero-order chi connectivity index (χ0) is 43.0. The fourth-order valence-electron chi connectivity index (χ4n) is 14.3. The number of hydrogen-bond donors (Lipinski definition) is 0. The third-order valence-corrected chi connectivity index (χ3v) is 18.2. The molecule has 5 heteroatoms. The van der Waals surface area contributed by atoms with Gasteiger partial charge in [0, 0.05) is 0 Å². The fourth-order valence-corrected chi connectivity index (χ4v) is 15.5. The Morgan fingerprint density at radius 1 is 0.656 bits per heavy atom. The van der Waals surface area contributed by atoms with Crippen LogP contribution in [0.2, 0.25) is 0 Å². The van der Waals surface area contributed by atoms with Crippen LogP contribution in [0.15, 0.2) is 107 Å². The van der Waals surface area contributed by atoms with E-state index in [1.165, 1.54) is 113 Å². The van der Waals surface area contributed by atoms with Gasteiger partial charge in [0.15, 0.2) is 5.52 Å². The second-order valence-electron chi connectivity index (χ2n) is 21.5. The molecule has 2 saturated carbocycles. The van der Waals surface area contributed by atoms with Crippen molar-refractivity contribution in [3.05, 3.63) is 152 Å². The van der Waals surface area contributed by atoms with Crippen molar-refractivity contribution in [2.75, 3.05) is 0 Å². The van der Waals surface area contributed by atoms with Crippen LogP contribution in [0.4, 0.5) is 0 Å². The second kappa shape index (κ2) is 13.3. The first-order valence-corrected chi connectivity index (χ1v) is 25.2. The number of nitrogens with zero attached hydrogens (tertiary/aromatic N) is 2.